The van der Waals surface area contributed by atoms with Gasteiger partial charge < -0.3 is 4.42 Å². The highest BCUT2D eigenvalue weighted by atomic mass is 32.1. The van der Waals surface area contributed by atoms with Crippen LogP contribution in [0.1, 0.15) is 0 Å². The molecule has 0 amide bonds. The number of para-hydroxylation sites is 1. The Hall–Kier alpha value is -7.21. The molecule has 0 atom stereocenters. The maximum absolute atomic E-state index is 6.52. The van der Waals surface area contributed by atoms with Gasteiger partial charge in [0.1, 0.15) is 11.2 Å². The lowest BCUT2D eigenvalue weighted by molar-refractivity contribution is 0.670. The van der Waals surface area contributed by atoms with Gasteiger partial charge in [0.05, 0.1) is 0 Å². The highest BCUT2D eigenvalue weighted by Crippen LogP contribution is 2.46. The monoisotopic (exact) mass is 733 g/mol. The van der Waals surface area contributed by atoms with Crippen molar-refractivity contribution in [1.29, 1.82) is 0 Å². The summed E-state index contributed by atoms with van der Waals surface area (Å²) in [4.78, 5) is 15.3. The number of fused-ring (bicyclic) bond motifs is 6. The molecule has 0 fully saturated rings. The van der Waals surface area contributed by atoms with Gasteiger partial charge in [-0.2, -0.15) is 0 Å². The van der Waals surface area contributed by atoms with Crippen LogP contribution in [0.3, 0.4) is 0 Å². The topological polar surface area (TPSA) is 51.8 Å². The Morgan fingerprint density at radius 1 is 0.321 bits per heavy atom. The van der Waals surface area contributed by atoms with Gasteiger partial charge in [-0.3, -0.25) is 0 Å². The molecule has 56 heavy (non-hydrogen) atoms. The molecule has 0 bridgehead atoms. The summed E-state index contributed by atoms with van der Waals surface area (Å²) in [6.07, 6.45) is 0. The van der Waals surface area contributed by atoms with Crippen LogP contribution < -0.4 is 0 Å². The Balaban J connectivity index is 1.10. The zero-order chi connectivity index (χ0) is 37.0. The van der Waals surface area contributed by atoms with Gasteiger partial charge in [-0.25, -0.2) is 15.0 Å². The molecule has 0 saturated heterocycles. The van der Waals surface area contributed by atoms with Crippen molar-refractivity contribution in [3.63, 3.8) is 0 Å². The molecule has 0 radical (unpaired) electrons. The van der Waals surface area contributed by atoms with Gasteiger partial charge in [-0.05, 0) is 52.1 Å². The minimum absolute atomic E-state index is 0.640. The molecular weight excluding hydrogens is 703 g/mol. The fraction of sp³-hybridized carbons (Fsp3) is 0. The van der Waals surface area contributed by atoms with Crippen LogP contribution in [0.4, 0.5) is 0 Å². The summed E-state index contributed by atoms with van der Waals surface area (Å²) < 4.78 is 8.88. The van der Waals surface area contributed by atoms with Crippen molar-refractivity contribution in [2.24, 2.45) is 0 Å². The molecule has 0 N–H and O–H groups in total. The highest BCUT2D eigenvalue weighted by Gasteiger charge is 2.20. The number of rotatable bonds is 6. The van der Waals surface area contributed by atoms with E-state index in [-0.39, 0.29) is 0 Å². The number of furan rings is 1. The van der Waals surface area contributed by atoms with Crippen molar-refractivity contribution < 1.29 is 4.42 Å². The lowest BCUT2D eigenvalue weighted by Gasteiger charge is -2.10. The van der Waals surface area contributed by atoms with Crippen LogP contribution in [-0.2, 0) is 0 Å². The normalized spacial score (nSPS) is 11.6. The summed E-state index contributed by atoms with van der Waals surface area (Å²) >= 11 is 1.80. The molecule has 3 aromatic heterocycles. The molecule has 0 aliphatic heterocycles. The smallest absolute Gasteiger partial charge is 0.165 e. The predicted molar refractivity (Wildman–Crippen MR) is 233 cm³/mol. The summed E-state index contributed by atoms with van der Waals surface area (Å²) in [7, 11) is 0. The van der Waals surface area contributed by atoms with Crippen LogP contribution in [0.5, 0.6) is 0 Å². The second kappa shape index (κ2) is 13.3. The first kappa shape index (κ1) is 32.2. The number of nitrogens with zero attached hydrogens (tertiary/aromatic N) is 3. The minimum Gasteiger partial charge on any atom is -0.455 e. The molecule has 3 heterocycles. The lowest BCUT2D eigenvalue weighted by atomic mass is 9.95. The second-order valence-corrected chi connectivity index (χ2v) is 15.0. The molecule has 0 unspecified atom stereocenters. The van der Waals surface area contributed by atoms with Crippen LogP contribution in [0.25, 0.3) is 110 Å². The Morgan fingerprint density at radius 2 is 0.821 bits per heavy atom. The molecule has 0 spiro atoms. The van der Waals surface area contributed by atoms with E-state index in [0.717, 1.165) is 65.6 Å². The van der Waals surface area contributed by atoms with Crippen LogP contribution >= 0.6 is 11.3 Å². The van der Waals surface area contributed by atoms with E-state index in [0.29, 0.717) is 17.5 Å². The number of hydrogen-bond acceptors (Lipinski definition) is 5. The molecule has 11 aromatic rings. The van der Waals surface area contributed by atoms with E-state index in [4.69, 9.17) is 19.4 Å². The summed E-state index contributed by atoms with van der Waals surface area (Å²) in [5, 5.41) is 4.61. The van der Waals surface area contributed by atoms with Crippen molar-refractivity contribution in [2.75, 3.05) is 0 Å². The van der Waals surface area contributed by atoms with Gasteiger partial charge in [0.15, 0.2) is 17.5 Å². The van der Waals surface area contributed by atoms with Crippen LogP contribution in [0.2, 0.25) is 0 Å². The third kappa shape index (κ3) is 5.48. The summed E-state index contributed by atoms with van der Waals surface area (Å²) in [6.45, 7) is 0. The van der Waals surface area contributed by atoms with Crippen LogP contribution in [0, 0.1) is 0 Å². The van der Waals surface area contributed by atoms with Gasteiger partial charge >= 0.3 is 0 Å². The molecule has 0 saturated carbocycles. The van der Waals surface area contributed by atoms with E-state index >= 15 is 0 Å². The Bertz CT molecular complexity index is 3230. The largest absolute Gasteiger partial charge is 0.455 e. The Kier molecular flexibility index (Phi) is 7.64. The van der Waals surface area contributed by atoms with Crippen molar-refractivity contribution in [3.8, 4) is 67.5 Å². The minimum atomic E-state index is 0.640. The first-order chi connectivity index (χ1) is 27.7. The average molecular weight is 734 g/mol. The van der Waals surface area contributed by atoms with E-state index < -0.39 is 0 Å². The van der Waals surface area contributed by atoms with Crippen LogP contribution in [-0.4, -0.2) is 15.0 Å². The zero-order valence-corrected chi connectivity index (χ0v) is 30.9. The average Bonchev–Trinajstić information content (AvgIpc) is 3.86. The van der Waals surface area contributed by atoms with E-state index in [1.165, 1.54) is 26.6 Å². The quantitative estimate of drug-likeness (QED) is 0.171. The molecule has 0 aliphatic carbocycles. The number of hydrogen-bond donors (Lipinski definition) is 0. The molecule has 262 valence electrons. The summed E-state index contributed by atoms with van der Waals surface area (Å²) in [5.41, 5.74) is 11.5. The summed E-state index contributed by atoms with van der Waals surface area (Å²) in [6, 6.07) is 65.6. The predicted octanol–water partition coefficient (Wildman–Crippen LogP) is 14.1. The first-order valence-electron chi connectivity index (χ1n) is 18.7. The lowest BCUT2D eigenvalue weighted by Crippen LogP contribution is -2.00. The van der Waals surface area contributed by atoms with Crippen molar-refractivity contribution in [1.82, 2.24) is 15.0 Å². The fourth-order valence-corrected chi connectivity index (χ4v) is 9.17. The third-order valence-corrected chi connectivity index (χ3v) is 11.8. The van der Waals surface area contributed by atoms with Crippen molar-refractivity contribution >= 4 is 53.4 Å². The van der Waals surface area contributed by atoms with Gasteiger partial charge in [0.2, 0.25) is 0 Å². The first-order valence-corrected chi connectivity index (χ1v) is 19.5. The maximum Gasteiger partial charge on any atom is 0.165 e. The number of benzene rings is 8. The van der Waals surface area contributed by atoms with E-state index in [2.05, 4.69) is 152 Å². The molecule has 8 aromatic carbocycles. The van der Waals surface area contributed by atoms with E-state index in [9.17, 15) is 0 Å². The molecule has 5 heteroatoms. The SMILES string of the molecule is c1ccc(-c2ccc(-c3nc(-c4ccccc4)nc(-c4cccc5c4sc4c(-c6cc(-c7ccccc7)c7oc8ccccc8c7c6)cccc45)n3)cc2)cc1. The standard InChI is InChI=1S/C51H31N3OS/c1-4-14-32(15-5-1)33-26-28-36(29-27-33)50-52-49(35-18-8-3-9-19-35)53-51(54-50)42-24-13-23-41-40-22-12-21-38(47(40)56-48(41)42)37-30-43(34-16-6-2-7-17-34)46-44(31-37)39-20-10-11-25-45(39)55-46/h1-31H. The molecule has 4 nitrogen and oxygen atoms in total. The Labute approximate surface area is 327 Å². The molecular formula is C51H31N3OS. The van der Waals surface area contributed by atoms with Crippen molar-refractivity contribution in [2.45, 2.75) is 0 Å². The van der Waals surface area contributed by atoms with Crippen LogP contribution in [0.15, 0.2) is 192 Å². The summed E-state index contributed by atoms with van der Waals surface area (Å²) in [5.74, 6) is 1.93. The Morgan fingerprint density at radius 3 is 1.52 bits per heavy atom. The van der Waals surface area contributed by atoms with Gasteiger partial charge in [0, 0.05) is 53.2 Å². The van der Waals surface area contributed by atoms with Gasteiger partial charge in [-0.15, -0.1) is 11.3 Å². The maximum atomic E-state index is 6.52. The number of aromatic nitrogens is 3. The molecule has 0 aliphatic rings. The van der Waals surface area contributed by atoms with Gasteiger partial charge in [0.25, 0.3) is 0 Å². The second-order valence-electron chi connectivity index (χ2n) is 13.9. The van der Waals surface area contributed by atoms with Gasteiger partial charge in [-0.1, -0.05) is 164 Å². The molecule has 11 rings (SSSR count). The van der Waals surface area contributed by atoms with Crippen molar-refractivity contribution in [3.05, 3.63) is 188 Å². The van der Waals surface area contributed by atoms with E-state index in [1.807, 2.05) is 36.4 Å². The number of thiophene rings is 1. The third-order valence-electron chi connectivity index (χ3n) is 10.6. The highest BCUT2D eigenvalue weighted by molar-refractivity contribution is 7.26. The van der Waals surface area contributed by atoms with E-state index in [1.54, 1.807) is 11.3 Å². The fourth-order valence-electron chi connectivity index (χ4n) is 7.82. The zero-order valence-electron chi connectivity index (χ0n) is 30.1.